The number of aromatic amines is 1. The van der Waals surface area contributed by atoms with Gasteiger partial charge in [0.15, 0.2) is 0 Å². The molecule has 0 aliphatic rings. The van der Waals surface area contributed by atoms with Gasteiger partial charge in [0.25, 0.3) is 0 Å². The van der Waals surface area contributed by atoms with Gasteiger partial charge in [-0.15, -0.1) is 0 Å². The molecule has 0 saturated heterocycles. The van der Waals surface area contributed by atoms with Crippen molar-refractivity contribution < 1.29 is 4.57 Å². The Labute approximate surface area is 147 Å². The Morgan fingerprint density at radius 2 is 1.56 bits per heavy atom. The van der Waals surface area contributed by atoms with E-state index in [0.29, 0.717) is 0 Å². The van der Waals surface area contributed by atoms with Crippen LogP contribution in [0.5, 0.6) is 0 Å². The lowest BCUT2D eigenvalue weighted by molar-refractivity contribution is -0.693. The van der Waals surface area contributed by atoms with Crippen molar-refractivity contribution in [3.05, 3.63) is 108 Å². The molecule has 3 nitrogen and oxygen atoms in total. The van der Waals surface area contributed by atoms with E-state index in [0.717, 1.165) is 24.2 Å². The van der Waals surface area contributed by atoms with E-state index in [9.17, 15) is 0 Å². The zero-order valence-electron chi connectivity index (χ0n) is 14.0. The molecule has 0 unspecified atom stereocenters. The fraction of sp³-hybridized carbons (Fsp3) is 0.0909. The van der Waals surface area contributed by atoms with Crippen molar-refractivity contribution in [3.63, 3.8) is 0 Å². The summed E-state index contributed by atoms with van der Waals surface area (Å²) < 4.78 is 2.24. The number of rotatable bonds is 5. The van der Waals surface area contributed by atoms with E-state index < -0.39 is 0 Å². The van der Waals surface area contributed by atoms with Crippen molar-refractivity contribution in [2.24, 2.45) is 0 Å². The van der Waals surface area contributed by atoms with Crippen LogP contribution in [-0.2, 0) is 13.0 Å². The minimum atomic E-state index is 0.813. The highest BCUT2D eigenvalue weighted by atomic mass is 15.0. The predicted octanol–water partition coefficient (Wildman–Crippen LogP) is 4.00. The van der Waals surface area contributed by atoms with Crippen molar-refractivity contribution in [2.45, 2.75) is 13.0 Å². The van der Waals surface area contributed by atoms with Crippen molar-refractivity contribution in [3.8, 4) is 11.3 Å². The van der Waals surface area contributed by atoms with Crippen LogP contribution in [0.1, 0.15) is 16.8 Å². The topological polar surface area (TPSA) is 32.6 Å². The molecule has 122 valence electrons. The van der Waals surface area contributed by atoms with Gasteiger partial charge in [0.1, 0.15) is 18.4 Å². The fourth-order valence-electron chi connectivity index (χ4n) is 2.99. The average molecular weight is 326 g/mol. The molecular weight excluding hydrogens is 306 g/mol. The number of nitrogens with zero attached hydrogens (tertiary/aromatic N) is 2. The molecule has 2 aromatic heterocycles. The summed E-state index contributed by atoms with van der Waals surface area (Å²) in [4.78, 5) is 7.84. The minimum Gasteiger partial charge on any atom is -0.256 e. The molecule has 3 heteroatoms. The summed E-state index contributed by atoms with van der Waals surface area (Å²) in [6.07, 6.45) is 6.97. The van der Waals surface area contributed by atoms with E-state index in [2.05, 4.69) is 75.3 Å². The highest BCUT2D eigenvalue weighted by Gasteiger charge is 2.11. The van der Waals surface area contributed by atoms with E-state index in [1.165, 1.54) is 16.8 Å². The summed E-state index contributed by atoms with van der Waals surface area (Å²) in [6, 6.07) is 25.0. The molecule has 0 bridgehead atoms. The first-order valence-corrected chi connectivity index (χ1v) is 8.48. The zero-order chi connectivity index (χ0) is 16.9. The Hall–Kier alpha value is -3.20. The second-order valence-electron chi connectivity index (χ2n) is 6.14. The zero-order valence-corrected chi connectivity index (χ0v) is 14.0. The monoisotopic (exact) mass is 326 g/mol. The van der Waals surface area contributed by atoms with Gasteiger partial charge in [-0.3, -0.25) is 4.98 Å². The summed E-state index contributed by atoms with van der Waals surface area (Å²) in [5.74, 6) is 0. The molecule has 1 N–H and O–H groups in total. The van der Waals surface area contributed by atoms with Gasteiger partial charge in [-0.1, -0.05) is 66.7 Å². The second kappa shape index (κ2) is 7.14. The third kappa shape index (κ3) is 3.66. The van der Waals surface area contributed by atoms with Crippen molar-refractivity contribution >= 4 is 0 Å². The van der Waals surface area contributed by atoms with Crippen LogP contribution < -0.4 is 4.57 Å². The maximum Gasteiger partial charge on any atom is 0.242 e. The molecule has 4 rings (SSSR count). The smallest absolute Gasteiger partial charge is 0.242 e. The molecule has 2 aromatic carbocycles. The highest BCUT2D eigenvalue weighted by Crippen LogP contribution is 2.16. The molecule has 0 amide bonds. The van der Waals surface area contributed by atoms with Crippen molar-refractivity contribution in [1.29, 1.82) is 0 Å². The highest BCUT2D eigenvalue weighted by molar-refractivity contribution is 5.58. The van der Waals surface area contributed by atoms with Crippen LogP contribution in [-0.4, -0.2) is 9.97 Å². The lowest BCUT2D eigenvalue weighted by atomic mass is 10.1. The first-order valence-electron chi connectivity index (χ1n) is 8.48. The summed E-state index contributed by atoms with van der Waals surface area (Å²) in [5, 5.41) is 0. The lowest BCUT2D eigenvalue weighted by Gasteiger charge is -2.04. The molecule has 0 saturated carbocycles. The number of aromatic nitrogens is 3. The third-order valence-electron chi connectivity index (χ3n) is 4.32. The Bertz CT molecular complexity index is 926. The van der Waals surface area contributed by atoms with Crippen LogP contribution in [0.4, 0.5) is 0 Å². The van der Waals surface area contributed by atoms with E-state index in [1.807, 2.05) is 30.7 Å². The van der Waals surface area contributed by atoms with Gasteiger partial charge >= 0.3 is 0 Å². The molecule has 0 fully saturated rings. The van der Waals surface area contributed by atoms with Crippen molar-refractivity contribution in [2.75, 3.05) is 0 Å². The second-order valence-corrected chi connectivity index (χ2v) is 6.14. The largest absolute Gasteiger partial charge is 0.256 e. The van der Waals surface area contributed by atoms with Crippen LogP contribution >= 0.6 is 0 Å². The SMILES string of the molecule is c1ccc(Cc2c[nH]c[n+]2Cc2ccc(-c3ccccc3)nc2)cc1. The summed E-state index contributed by atoms with van der Waals surface area (Å²) in [6.45, 7) is 0.813. The maximum atomic E-state index is 4.62. The van der Waals surface area contributed by atoms with Gasteiger partial charge in [-0.05, 0) is 11.6 Å². The van der Waals surface area contributed by atoms with E-state index in [4.69, 9.17) is 0 Å². The van der Waals surface area contributed by atoms with Gasteiger partial charge in [0.05, 0.1) is 5.69 Å². The molecular formula is C22H20N3+. The minimum absolute atomic E-state index is 0.813. The van der Waals surface area contributed by atoms with E-state index >= 15 is 0 Å². The molecule has 0 aliphatic heterocycles. The van der Waals surface area contributed by atoms with E-state index in [1.54, 1.807) is 0 Å². The van der Waals surface area contributed by atoms with Crippen LogP contribution in [0.15, 0.2) is 91.5 Å². The Morgan fingerprint density at radius 3 is 2.28 bits per heavy atom. The molecule has 0 atom stereocenters. The molecule has 0 aliphatic carbocycles. The molecule has 2 heterocycles. The van der Waals surface area contributed by atoms with Crippen LogP contribution in [0.2, 0.25) is 0 Å². The number of pyridine rings is 1. The first kappa shape index (κ1) is 15.3. The van der Waals surface area contributed by atoms with Crippen LogP contribution in [0, 0.1) is 0 Å². The number of imidazole rings is 1. The van der Waals surface area contributed by atoms with Crippen LogP contribution in [0.25, 0.3) is 11.3 Å². The Kier molecular flexibility index (Phi) is 4.38. The van der Waals surface area contributed by atoms with Crippen LogP contribution in [0.3, 0.4) is 0 Å². The summed E-state index contributed by atoms with van der Waals surface area (Å²) in [7, 11) is 0. The Morgan fingerprint density at radius 1 is 0.800 bits per heavy atom. The molecule has 25 heavy (non-hydrogen) atoms. The quantitative estimate of drug-likeness (QED) is 0.552. The lowest BCUT2D eigenvalue weighted by Crippen LogP contribution is -2.36. The molecule has 4 aromatic rings. The maximum absolute atomic E-state index is 4.62. The number of hydrogen-bond acceptors (Lipinski definition) is 1. The van der Waals surface area contributed by atoms with Gasteiger partial charge in [0, 0.05) is 23.7 Å². The van der Waals surface area contributed by atoms with E-state index in [-0.39, 0.29) is 0 Å². The molecule has 0 radical (unpaired) electrons. The van der Waals surface area contributed by atoms with Gasteiger partial charge in [-0.25, -0.2) is 9.55 Å². The number of benzene rings is 2. The Balaban J connectivity index is 1.51. The molecule has 0 spiro atoms. The predicted molar refractivity (Wildman–Crippen MR) is 99.0 cm³/mol. The fourth-order valence-corrected chi connectivity index (χ4v) is 2.99. The van der Waals surface area contributed by atoms with Crippen molar-refractivity contribution in [1.82, 2.24) is 9.97 Å². The average Bonchev–Trinajstić information content (AvgIpc) is 3.10. The number of H-pyrrole nitrogens is 1. The standard InChI is InChI=1S/C22H19N3/c1-3-7-18(8-4-1)13-21-15-23-17-25(21)16-19-11-12-22(24-14-19)20-9-5-2-6-10-20/h1-12,14-15,17H,13,16H2/p+1. The normalized spacial score (nSPS) is 10.7. The number of hydrogen-bond donors (Lipinski definition) is 1. The van der Waals surface area contributed by atoms with Gasteiger partial charge in [0.2, 0.25) is 6.33 Å². The van der Waals surface area contributed by atoms with Gasteiger partial charge in [-0.2, -0.15) is 0 Å². The third-order valence-corrected chi connectivity index (χ3v) is 4.32. The first-order chi connectivity index (χ1) is 12.4. The summed E-state index contributed by atoms with van der Waals surface area (Å²) >= 11 is 0. The summed E-state index contributed by atoms with van der Waals surface area (Å²) in [5.41, 5.74) is 5.92. The number of nitrogens with one attached hydrogen (secondary N) is 1. The van der Waals surface area contributed by atoms with Gasteiger partial charge < -0.3 is 0 Å².